The Morgan fingerprint density at radius 3 is 2.70 bits per heavy atom. The molecule has 0 bridgehead atoms. The molecule has 0 saturated carbocycles. The highest BCUT2D eigenvalue weighted by Crippen LogP contribution is 2.29. The molecular weight excluding hydrogens is 386 g/mol. The monoisotopic (exact) mass is 401 g/mol. The summed E-state index contributed by atoms with van der Waals surface area (Å²) in [6, 6.07) is 5.73. The Bertz CT molecular complexity index is 826. The summed E-state index contributed by atoms with van der Waals surface area (Å²) in [4.78, 5) is 18.0. The molecule has 0 radical (unpaired) electrons. The molecule has 2 aromatic rings. The third-order valence-electron chi connectivity index (χ3n) is 4.33. The first kappa shape index (κ1) is 19.4. The zero-order valence-electron chi connectivity index (χ0n) is 14.1. The van der Waals surface area contributed by atoms with Gasteiger partial charge in [-0.05, 0) is 43.2 Å². The number of aromatic nitrogens is 1. The topological polar surface area (TPSA) is 45.2 Å². The van der Waals surface area contributed by atoms with Gasteiger partial charge in [-0.15, -0.1) is 0 Å². The van der Waals surface area contributed by atoms with Crippen LogP contribution in [-0.2, 0) is 6.18 Å². The first-order valence-electron chi connectivity index (χ1n) is 8.28. The van der Waals surface area contributed by atoms with Crippen molar-refractivity contribution in [3.63, 3.8) is 0 Å². The number of alkyl halides is 3. The van der Waals surface area contributed by atoms with Gasteiger partial charge >= 0.3 is 6.18 Å². The predicted molar refractivity (Wildman–Crippen MR) is 93.4 cm³/mol. The van der Waals surface area contributed by atoms with Crippen molar-refractivity contribution in [3.8, 4) is 0 Å². The van der Waals surface area contributed by atoms with E-state index in [4.69, 9.17) is 11.6 Å². The number of nitrogens with zero attached hydrogens (tertiary/aromatic N) is 2. The van der Waals surface area contributed by atoms with Gasteiger partial charge in [0.05, 0.1) is 11.1 Å². The molecule has 1 aromatic carbocycles. The minimum Gasteiger partial charge on any atom is -0.355 e. The summed E-state index contributed by atoms with van der Waals surface area (Å²) in [7, 11) is 0. The molecule has 9 heteroatoms. The van der Waals surface area contributed by atoms with Gasteiger partial charge in [0.25, 0.3) is 5.91 Å². The van der Waals surface area contributed by atoms with E-state index in [1.165, 1.54) is 18.2 Å². The van der Waals surface area contributed by atoms with Crippen molar-refractivity contribution in [1.29, 1.82) is 0 Å². The van der Waals surface area contributed by atoms with Crippen LogP contribution in [0.25, 0.3) is 0 Å². The SMILES string of the molecule is O=C(N[C@H]1CCCN(c2ccc(C(F)(F)F)cn2)C1)c1cc(Cl)ccc1F. The van der Waals surface area contributed by atoms with E-state index in [0.29, 0.717) is 31.7 Å². The Hall–Kier alpha value is -2.35. The second-order valence-corrected chi connectivity index (χ2v) is 6.72. The average Bonchev–Trinajstić information content (AvgIpc) is 2.63. The predicted octanol–water partition coefficient (Wildman–Crippen LogP) is 4.29. The highest BCUT2D eigenvalue weighted by Gasteiger charge is 2.31. The fraction of sp³-hybridized carbons (Fsp3) is 0.333. The van der Waals surface area contributed by atoms with Crippen LogP contribution >= 0.6 is 11.6 Å². The molecule has 4 nitrogen and oxygen atoms in total. The zero-order chi connectivity index (χ0) is 19.6. The average molecular weight is 402 g/mol. The van der Waals surface area contributed by atoms with E-state index in [9.17, 15) is 22.4 Å². The largest absolute Gasteiger partial charge is 0.417 e. The zero-order valence-corrected chi connectivity index (χ0v) is 14.8. The van der Waals surface area contributed by atoms with E-state index in [0.717, 1.165) is 18.3 Å². The van der Waals surface area contributed by atoms with Gasteiger partial charge in [-0.3, -0.25) is 4.79 Å². The van der Waals surface area contributed by atoms with Gasteiger partial charge in [-0.1, -0.05) is 11.6 Å². The number of hydrogen-bond acceptors (Lipinski definition) is 3. The van der Waals surface area contributed by atoms with Gasteiger partial charge in [0.1, 0.15) is 11.6 Å². The molecule has 0 spiro atoms. The molecule has 0 unspecified atom stereocenters. The number of halogens is 5. The number of pyridine rings is 1. The minimum absolute atomic E-state index is 0.146. The maximum Gasteiger partial charge on any atom is 0.417 e. The van der Waals surface area contributed by atoms with Crippen LogP contribution in [0.2, 0.25) is 5.02 Å². The smallest absolute Gasteiger partial charge is 0.355 e. The molecule has 2 heterocycles. The van der Waals surface area contributed by atoms with Crippen LogP contribution in [0.4, 0.5) is 23.4 Å². The molecular formula is C18H16ClF4N3O. The summed E-state index contributed by atoms with van der Waals surface area (Å²) in [6.45, 7) is 0.975. The number of piperidine rings is 1. The van der Waals surface area contributed by atoms with Crippen LogP contribution in [0, 0.1) is 5.82 Å². The Labute approximate surface area is 158 Å². The van der Waals surface area contributed by atoms with Gasteiger partial charge in [-0.2, -0.15) is 13.2 Å². The van der Waals surface area contributed by atoms with Crippen LogP contribution in [0.15, 0.2) is 36.5 Å². The van der Waals surface area contributed by atoms with Crippen molar-refractivity contribution in [2.24, 2.45) is 0 Å². The number of carbonyl (C=O) groups excluding carboxylic acids is 1. The van der Waals surface area contributed by atoms with Gasteiger partial charge in [0.2, 0.25) is 0 Å². The number of nitrogens with one attached hydrogen (secondary N) is 1. The molecule has 3 rings (SSSR count). The molecule has 1 saturated heterocycles. The van der Waals surface area contributed by atoms with E-state index in [1.807, 2.05) is 0 Å². The summed E-state index contributed by atoms with van der Waals surface area (Å²) in [5.74, 6) is -0.855. The van der Waals surface area contributed by atoms with Gasteiger partial charge < -0.3 is 10.2 Å². The van der Waals surface area contributed by atoms with E-state index in [-0.39, 0.29) is 16.6 Å². The molecule has 1 amide bonds. The van der Waals surface area contributed by atoms with Gasteiger partial charge in [-0.25, -0.2) is 9.37 Å². The van der Waals surface area contributed by atoms with Crippen molar-refractivity contribution >= 4 is 23.3 Å². The van der Waals surface area contributed by atoms with Gasteiger partial charge in [0, 0.05) is 30.4 Å². The Morgan fingerprint density at radius 2 is 2.04 bits per heavy atom. The summed E-state index contributed by atoms with van der Waals surface area (Å²) in [5.41, 5.74) is -0.961. The molecule has 1 atom stereocenters. The lowest BCUT2D eigenvalue weighted by Gasteiger charge is -2.34. The summed E-state index contributed by atoms with van der Waals surface area (Å²) < 4.78 is 51.8. The van der Waals surface area contributed by atoms with Crippen molar-refractivity contribution < 1.29 is 22.4 Å². The van der Waals surface area contributed by atoms with Crippen molar-refractivity contribution in [3.05, 3.63) is 58.5 Å². The molecule has 1 N–H and O–H groups in total. The molecule has 27 heavy (non-hydrogen) atoms. The first-order chi connectivity index (χ1) is 12.7. The Balaban J connectivity index is 1.67. The second-order valence-electron chi connectivity index (χ2n) is 6.29. The molecule has 1 aliphatic rings. The van der Waals surface area contributed by atoms with Crippen molar-refractivity contribution in [2.45, 2.75) is 25.1 Å². The maximum atomic E-state index is 13.8. The molecule has 0 aliphatic carbocycles. The van der Waals surface area contributed by atoms with Gasteiger partial charge in [0.15, 0.2) is 0 Å². The highest BCUT2D eigenvalue weighted by molar-refractivity contribution is 6.31. The van der Waals surface area contributed by atoms with Crippen LogP contribution in [0.3, 0.4) is 0 Å². The van der Waals surface area contributed by atoms with Crippen LogP contribution in [-0.4, -0.2) is 30.0 Å². The minimum atomic E-state index is -4.44. The fourth-order valence-corrected chi connectivity index (χ4v) is 3.15. The van der Waals surface area contributed by atoms with E-state index >= 15 is 0 Å². The van der Waals surface area contributed by atoms with E-state index < -0.39 is 23.5 Å². The second kappa shape index (κ2) is 7.72. The molecule has 144 valence electrons. The van der Waals surface area contributed by atoms with E-state index in [1.54, 1.807) is 4.90 Å². The molecule has 1 fully saturated rings. The fourth-order valence-electron chi connectivity index (χ4n) is 2.98. The Morgan fingerprint density at radius 1 is 1.26 bits per heavy atom. The standard InChI is InChI=1S/C18H16ClF4N3O/c19-12-4-5-15(20)14(8-12)17(27)25-13-2-1-7-26(10-13)16-6-3-11(9-24-16)18(21,22)23/h3-6,8-9,13H,1-2,7,10H2,(H,25,27)/t13-/m0/s1. The lowest BCUT2D eigenvalue weighted by Crippen LogP contribution is -2.48. The number of carbonyl (C=O) groups is 1. The number of amides is 1. The number of benzene rings is 1. The third-order valence-corrected chi connectivity index (χ3v) is 4.56. The maximum absolute atomic E-state index is 13.8. The summed E-state index contributed by atoms with van der Waals surface area (Å²) >= 11 is 5.81. The van der Waals surface area contributed by atoms with Crippen molar-refractivity contribution in [2.75, 3.05) is 18.0 Å². The van der Waals surface area contributed by atoms with Crippen LogP contribution in [0.1, 0.15) is 28.8 Å². The molecule has 1 aliphatic heterocycles. The summed E-state index contributed by atoms with van der Waals surface area (Å²) in [5, 5.41) is 3.00. The third kappa shape index (κ3) is 4.68. The lowest BCUT2D eigenvalue weighted by atomic mass is 10.0. The number of hydrogen-bond donors (Lipinski definition) is 1. The number of anilines is 1. The molecule has 1 aromatic heterocycles. The van der Waals surface area contributed by atoms with E-state index in [2.05, 4.69) is 10.3 Å². The number of rotatable bonds is 3. The normalized spacial score (nSPS) is 17.7. The highest BCUT2D eigenvalue weighted by atomic mass is 35.5. The lowest BCUT2D eigenvalue weighted by molar-refractivity contribution is -0.137. The summed E-state index contributed by atoms with van der Waals surface area (Å²) in [6.07, 6.45) is -2.26. The first-order valence-corrected chi connectivity index (χ1v) is 8.66. The van der Waals surface area contributed by atoms with Crippen molar-refractivity contribution in [1.82, 2.24) is 10.3 Å². The quantitative estimate of drug-likeness (QED) is 0.780. The van der Waals surface area contributed by atoms with Crippen LogP contribution in [0.5, 0.6) is 0 Å². The van der Waals surface area contributed by atoms with Crippen LogP contribution < -0.4 is 10.2 Å². The Kier molecular flexibility index (Phi) is 5.55.